The third-order valence-corrected chi connectivity index (χ3v) is 2.43. The quantitative estimate of drug-likeness (QED) is 0.586. The molecule has 2 nitrogen and oxygen atoms in total. The normalized spacial score (nSPS) is 24.8. The highest BCUT2D eigenvalue weighted by Gasteiger charge is 2.26. The smallest absolute Gasteiger partial charge is 0.122 e. The first kappa shape index (κ1) is 6.49. The summed E-state index contributed by atoms with van der Waals surface area (Å²) in [5, 5.41) is 0. The van der Waals surface area contributed by atoms with E-state index >= 15 is 0 Å². The lowest BCUT2D eigenvalue weighted by Gasteiger charge is -2.00. The van der Waals surface area contributed by atoms with Crippen LogP contribution in [0.3, 0.4) is 0 Å². The number of hydrogen-bond acceptors (Lipinski definition) is 2. The van der Waals surface area contributed by atoms with Crippen molar-refractivity contribution in [1.29, 1.82) is 0 Å². The molecule has 0 amide bonds. The Bertz CT molecular complexity index is 316. The first-order chi connectivity index (χ1) is 5.93. The average Bonchev–Trinajstić information content (AvgIpc) is 2.84. The lowest BCUT2D eigenvalue weighted by atomic mass is 10.1. The molecule has 12 heavy (non-hydrogen) atoms. The minimum absolute atomic E-state index is 0.347. The van der Waals surface area contributed by atoms with Crippen molar-refractivity contribution in [3.05, 3.63) is 29.3 Å². The van der Waals surface area contributed by atoms with Crippen LogP contribution in [0.2, 0.25) is 0 Å². The van der Waals surface area contributed by atoms with Gasteiger partial charge in [0.15, 0.2) is 0 Å². The zero-order chi connectivity index (χ0) is 7.97. The zero-order valence-corrected chi connectivity index (χ0v) is 6.75. The molecule has 2 aliphatic rings. The van der Waals surface area contributed by atoms with Gasteiger partial charge in [-0.2, -0.15) is 0 Å². The molecule has 0 aromatic heterocycles. The van der Waals surface area contributed by atoms with Crippen LogP contribution in [0.15, 0.2) is 18.2 Å². The van der Waals surface area contributed by atoms with E-state index in [4.69, 9.17) is 9.47 Å². The predicted octanol–water partition coefficient (Wildman–Crippen LogP) is 1.69. The van der Waals surface area contributed by atoms with Crippen LogP contribution in [0.1, 0.15) is 17.2 Å². The zero-order valence-electron chi connectivity index (χ0n) is 6.75. The molecule has 0 spiro atoms. The Morgan fingerprint density at radius 2 is 2.25 bits per heavy atom. The molecule has 2 heteroatoms. The summed E-state index contributed by atoms with van der Waals surface area (Å²) in [6.07, 6.45) is 1.40. The Kier molecular flexibility index (Phi) is 1.21. The van der Waals surface area contributed by atoms with Gasteiger partial charge >= 0.3 is 0 Å². The third-order valence-electron chi connectivity index (χ3n) is 2.43. The molecule has 1 aromatic rings. The second-order valence-corrected chi connectivity index (χ2v) is 3.29. The Labute approximate surface area is 71.1 Å². The van der Waals surface area contributed by atoms with Crippen molar-refractivity contribution in [2.24, 2.45) is 0 Å². The summed E-state index contributed by atoms with van der Waals surface area (Å²) in [4.78, 5) is 0. The first-order valence-corrected chi connectivity index (χ1v) is 4.31. The molecule has 2 aliphatic heterocycles. The predicted molar refractivity (Wildman–Crippen MR) is 44.3 cm³/mol. The molecule has 1 atom stereocenters. The topological polar surface area (TPSA) is 21.8 Å². The van der Waals surface area contributed by atoms with Crippen LogP contribution >= 0.6 is 0 Å². The Balaban J connectivity index is 2.03. The number of hydrogen-bond donors (Lipinski definition) is 0. The molecule has 0 radical (unpaired) electrons. The maximum atomic E-state index is 5.46. The number of benzene rings is 1. The van der Waals surface area contributed by atoms with Crippen molar-refractivity contribution in [2.75, 3.05) is 13.2 Å². The molecule has 1 aromatic carbocycles. The van der Waals surface area contributed by atoms with Gasteiger partial charge in [-0.25, -0.2) is 0 Å². The highest BCUT2D eigenvalue weighted by molar-refractivity contribution is 5.41. The van der Waals surface area contributed by atoms with Crippen LogP contribution < -0.4 is 4.74 Å². The summed E-state index contributed by atoms with van der Waals surface area (Å²) < 4.78 is 10.7. The van der Waals surface area contributed by atoms with Gasteiger partial charge in [-0.15, -0.1) is 0 Å². The Morgan fingerprint density at radius 1 is 1.33 bits per heavy atom. The number of ether oxygens (including phenoxy) is 2. The van der Waals surface area contributed by atoms with Crippen LogP contribution in [0, 0.1) is 0 Å². The summed E-state index contributed by atoms with van der Waals surface area (Å²) >= 11 is 0. The molecular formula is C10H10O2. The molecule has 0 saturated carbocycles. The molecule has 0 aliphatic carbocycles. The standard InChI is InChI=1S/C10H10O2/c1-2-8(10-6-12-10)5-9-7(1)3-4-11-9/h1-2,5,10H,3-4,6H2/t10-/m0/s1. The highest BCUT2D eigenvalue weighted by atomic mass is 16.6. The number of epoxide rings is 1. The van der Waals surface area contributed by atoms with E-state index in [-0.39, 0.29) is 0 Å². The van der Waals surface area contributed by atoms with E-state index in [0.717, 1.165) is 25.4 Å². The lowest BCUT2D eigenvalue weighted by Crippen LogP contribution is -1.86. The van der Waals surface area contributed by atoms with Crippen molar-refractivity contribution >= 4 is 0 Å². The molecule has 0 bridgehead atoms. The fraction of sp³-hybridized carbons (Fsp3) is 0.400. The molecule has 0 N–H and O–H groups in total. The Morgan fingerprint density at radius 3 is 3.08 bits per heavy atom. The fourth-order valence-corrected chi connectivity index (χ4v) is 1.62. The SMILES string of the molecule is c1cc2c(cc1[C@@H]1CO1)OCC2. The Hall–Kier alpha value is -1.02. The van der Waals surface area contributed by atoms with Crippen molar-refractivity contribution in [1.82, 2.24) is 0 Å². The van der Waals surface area contributed by atoms with Crippen LogP contribution in [0.5, 0.6) is 5.75 Å². The van der Waals surface area contributed by atoms with E-state index in [0.29, 0.717) is 6.10 Å². The van der Waals surface area contributed by atoms with Crippen LogP contribution in [-0.4, -0.2) is 13.2 Å². The van der Waals surface area contributed by atoms with E-state index in [1.165, 1.54) is 11.1 Å². The average molecular weight is 162 g/mol. The summed E-state index contributed by atoms with van der Waals surface area (Å²) in [7, 11) is 0. The first-order valence-electron chi connectivity index (χ1n) is 4.31. The molecule has 1 saturated heterocycles. The monoisotopic (exact) mass is 162 g/mol. The van der Waals surface area contributed by atoms with E-state index in [9.17, 15) is 0 Å². The second kappa shape index (κ2) is 2.23. The molecular weight excluding hydrogens is 152 g/mol. The molecule has 0 unspecified atom stereocenters. The summed E-state index contributed by atoms with van der Waals surface area (Å²) in [5.74, 6) is 1.06. The third kappa shape index (κ3) is 0.916. The van der Waals surface area contributed by atoms with Gasteiger partial charge < -0.3 is 9.47 Å². The minimum atomic E-state index is 0.347. The maximum absolute atomic E-state index is 5.46. The van der Waals surface area contributed by atoms with E-state index < -0.39 is 0 Å². The van der Waals surface area contributed by atoms with Gasteiger partial charge in [0, 0.05) is 6.42 Å². The lowest BCUT2D eigenvalue weighted by molar-refractivity contribution is 0.355. The van der Waals surface area contributed by atoms with Gasteiger partial charge in [0.25, 0.3) is 0 Å². The minimum Gasteiger partial charge on any atom is -0.493 e. The van der Waals surface area contributed by atoms with Gasteiger partial charge in [0.2, 0.25) is 0 Å². The van der Waals surface area contributed by atoms with E-state index in [1.807, 2.05) is 0 Å². The number of fused-ring (bicyclic) bond motifs is 1. The van der Waals surface area contributed by atoms with Gasteiger partial charge in [-0.1, -0.05) is 12.1 Å². The van der Waals surface area contributed by atoms with Crippen LogP contribution in [0.25, 0.3) is 0 Å². The highest BCUT2D eigenvalue weighted by Crippen LogP contribution is 2.34. The van der Waals surface area contributed by atoms with Crippen molar-refractivity contribution in [3.8, 4) is 5.75 Å². The van der Waals surface area contributed by atoms with Gasteiger partial charge in [0.1, 0.15) is 11.9 Å². The molecule has 62 valence electrons. The van der Waals surface area contributed by atoms with Crippen LogP contribution in [-0.2, 0) is 11.2 Å². The van der Waals surface area contributed by atoms with E-state index in [1.54, 1.807) is 0 Å². The van der Waals surface area contributed by atoms with Crippen LogP contribution in [0.4, 0.5) is 0 Å². The molecule has 1 fully saturated rings. The van der Waals surface area contributed by atoms with Gasteiger partial charge in [-0.05, 0) is 17.2 Å². The summed E-state index contributed by atoms with van der Waals surface area (Å²) in [6, 6.07) is 6.41. The second-order valence-electron chi connectivity index (χ2n) is 3.29. The van der Waals surface area contributed by atoms with Gasteiger partial charge in [0.05, 0.1) is 13.2 Å². The van der Waals surface area contributed by atoms with Crippen molar-refractivity contribution in [3.63, 3.8) is 0 Å². The van der Waals surface area contributed by atoms with Crippen molar-refractivity contribution in [2.45, 2.75) is 12.5 Å². The van der Waals surface area contributed by atoms with Crippen molar-refractivity contribution < 1.29 is 9.47 Å². The van der Waals surface area contributed by atoms with E-state index in [2.05, 4.69) is 18.2 Å². The summed E-state index contributed by atoms with van der Waals surface area (Å²) in [5.41, 5.74) is 2.59. The fourth-order valence-electron chi connectivity index (χ4n) is 1.62. The largest absolute Gasteiger partial charge is 0.493 e. The maximum Gasteiger partial charge on any atom is 0.122 e. The molecule has 3 rings (SSSR count). The number of rotatable bonds is 1. The summed E-state index contributed by atoms with van der Waals surface area (Å²) in [6.45, 7) is 1.71. The van der Waals surface area contributed by atoms with Gasteiger partial charge in [-0.3, -0.25) is 0 Å². The molecule has 2 heterocycles.